The number of rotatable bonds is 2. The Morgan fingerprint density at radius 3 is 2.73 bits per heavy atom. The van der Waals surface area contributed by atoms with Gasteiger partial charge in [-0.05, 0) is 6.26 Å². The summed E-state index contributed by atoms with van der Waals surface area (Å²) in [5.74, 6) is 0. The predicted molar refractivity (Wildman–Crippen MR) is 46.5 cm³/mol. The lowest BCUT2D eigenvalue weighted by atomic mass is 10.4. The van der Waals surface area contributed by atoms with Crippen LogP contribution in [0.2, 0.25) is 0 Å². The van der Waals surface area contributed by atoms with Gasteiger partial charge >= 0.3 is 0 Å². The maximum atomic E-state index is 10.0. The maximum Gasteiger partial charge on any atom is 0.179 e. The minimum absolute atomic E-state index is 0.0452. The van der Waals surface area contributed by atoms with Crippen LogP contribution in [0.3, 0.4) is 0 Å². The molecular weight excluding hydrogens is 164 g/mol. The van der Waals surface area contributed by atoms with Gasteiger partial charge in [-0.3, -0.25) is 10.2 Å². The molecule has 0 spiro atoms. The van der Waals surface area contributed by atoms with Gasteiger partial charge < -0.3 is 5.11 Å². The summed E-state index contributed by atoms with van der Waals surface area (Å²) in [6, 6.07) is 0. The second-order valence-electron chi connectivity index (χ2n) is 1.51. The average molecular weight is 172 g/mol. The smallest absolute Gasteiger partial charge is 0.179 e. The first-order valence-corrected chi connectivity index (χ1v) is 3.93. The molecule has 0 aliphatic carbocycles. The molecule has 0 unspecified atom stereocenters. The topological polar surface area (TPSA) is 73.5 Å². The number of thioether (sulfide) groups is 1. The Morgan fingerprint density at radius 1 is 1.73 bits per heavy atom. The molecule has 2 N–H and O–H groups in total. The van der Waals surface area contributed by atoms with E-state index in [1.807, 2.05) is 0 Å². The van der Waals surface area contributed by atoms with E-state index in [-0.39, 0.29) is 10.7 Å². The number of aliphatic hydroxyl groups excluding tert-OH is 1. The molecule has 0 fully saturated rings. The number of aldehydes is 1. The molecule has 0 heterocycles. The molecule has 0 saturated heterocycles. The van der Waals surface area contributed by atoms with Crippen molar-refractivity contribution in [3.63, 3.8) is 0 Å². The van der Waals surface area contributed by atoms with Crippen LogP contribution in [0.25, 0.3) is 0 Å². The number of amidine groups is 1. The van der Waals surface area contributed by atoms with Crippen LogP contribution >= 0.6 is 11.8 Å². The van der Waals surface area contributed by atoms with E-state index < -0.39 is 0 Å². The Kier molecular flexibility index (Phi) is 5.10. The zero-order valence-electron chi connectivity index (χ0n) is 5.94. The van der Waals surface area contributed by atoms with Gasteiger partial charge in [0.25, 0.3) is 0 Å². The summed E-state index contributed by atoms with van der Waals surface area (Å²) in [7, 11) is 0. The second kappa shape index (κ2) is 5.67. The molecule has 4 nitrogen and oxygen atoms in total. The van der Waals surface area contributed by atoms with E-state index in [1.165, 1.54) is 0 Å². The summed E-state index contributed by atoms with van der Waals surface area (Å²) in [5, 5.41) is 15.5. The van der Waals surface area contributed by atoms with Crippen molar-refractivity contribution in [1.82, 2.24) is 0 Å². The number of allylic oxidation sites excluding steroid dienone is 1. The van der Waals surface area contributed by atoms with Gasteiger partial charge in [-0.2, -0.15) is 0 Å². The van der Waals surface area contributed by atoms with Crippen LogP contribution in [0.1, 0.15) is 0 Å². The van der Waals surface area contributed by atoms with Crippen LogP contribution < -0.4 is 0 Å². The van der Waals surface area contributed by atoms with E-state index in [4.69, 9.17) is 10.5 Å². The molecule has 0 aromatic rings. The average Bonchev–Trinajstić information content (AvgIpc) is 2.06. The molecule has 0 rings (SSSR count). The van der Waals surface area contributed by atoms with Gasteiger partial charge in [0.2, 0.25) is 0 Å². The highest BCUT2D eigenvalue weighted by Crippen LogP contribution is 1.95. The first-order chi connectivity index (χ1) is 5.24. The largest absolute Gasteiger partial charge is 0.515 e. The number of hydrogen-bond acceptors (Lipinski definition) is 4. The number of nitrogens with one attached hydrogen (secondary N) is 1. The van der Waals surface area contributed by atoms with Gasteiger partial charge in [-0.25, -0.2) is 4.99 Å². The number of hydrogen-bond donors (Lipinski definition) is 2. The Bertz CT molecular complexity index is 211. The quantitative estimate of drug-likeness (QED) is 0.214. The zero-order chi connectivity index (χ0) is 8.69. The number of nitrogens with zero attached hydrogens (tertiary/aromatic N) is 1. The highest BCUT2D eigenvalue weighted by molar-refractivity contribution is 8.13. The third-order valence-electron chi connectivity index (χ3n) is 0.809. The SMILES string of the molecule is CSC(=N)/N=C/C(C=O)=C\O. The highest BCUT2D eigenvalue weighted by Gasteiger charge is 1.89. The minimum atomic E-state index is 0.0452. The summed E-state index contributed by atoms with van der Waals surface area (Å²) < 4.78 is 0. The molecule has 11 heavy (non-hydrogen) atoms. The molecule has 0 radical (unpaired) electrons. The fourth-order valence-electron chi connectivity index (χ4n) is 0.280. The van der Waals surface area contributed by atoms with Crippen molar-refractivity contribution < 1.29 is 9.90 Å². The van der Waals surface area contributed by atoms with Crippen molar-refractivity contribution in [2.45, 2.75) is 0 Å². The summed E-state index contributed by atoms with van der Waals surface area (Å²) in [5.41, 5.74) is 0.0452. The third-order valence-corrected chi connectivity index (χ3v) is 1.30. The van der Waals surface area contributed by atoms with Gasteiger partial charge in [-0.15, -0.1) is 0 Å². The van der Waals surface area contributed by atoms with E-state index in [9.17, 15) is 4.79 Å². The number of aliphatic hydroxyl groups is 1. The van der Waals surface area contributed by atoms with Crippen LogP contribution in [0, 0.1) is 5.41 Å². The lowest BCUT2D eigenvalue weighted by Gasteiger charge is -1.87. The van der Waals surface area contributed by atoms with Crippen molar-refractivity contribution in [2.75, 3.05) is 6.26 Å². The van der Waals surface area contributed by atoms with Crippen molar-refractivity contribution >= 4 is 29.4 Å². The molecule has 0 aliphatic heterocycles. The Hall–Kier alpha value is -1.10. The van der Waals surface area contributed by atoms with Crippen LogP contribution in [0.15, 0.2) is 16.8 Å². The molecule has 60 valence electrons. The number of aliphatic imine (C=N–C) groups is 1. The summed E-state index contributed by atoms with van der Waals surface area (Å²) in [6.07, 6.45) is 3.93. The molecule has 0 atom stereocenters. The van der Waals surface area contributed by atoms with E-state index in [1.54, 1.807) is 6.26 Å². The molecule has 0 aliphatic rings. The van der Waals surface area contributed by atoms with Gasteiger partial charge in [-0.1, -0.05) is 11.8 Å². The highest BCUT2D eigenvalue weighted by atomic mass is 32.2. The van der Waals surface area contributed by atoms with E-state index >= 15 is 0 Å². The van der Waals surface area contributed by atoms with E-state index in [0.717, 1.165) is 18.0 Å². The van der Waals surface area contributed by atoms with Crippen molar-refractivity contribution in [2.24, 2.45) is 4.99 Å². The first kappa shape index (κ1) is 9.90. The Labute approximate surface area is 68.5 Å². The van der Waals surface area contributed by atoms with Crippen LogP contribution in [-0.2, 0) is 4.79 Å². The van der Waals surface area contributed by atoms with Crippen molar-refractivity contribution in [1.29, 1.82) is 5.41 Å². The standard InChI is InChI=1S/C6H8N2O2S/c1-11-6(7)8-2-5(3-9)4-10/h2-4,7,9H,1H3/b5-3+,7-6?,8-2+. The second-order valence-corrected chi connectivity index (χ2v) is 2.31. The van der Waals surface area contributed by atoms with Crippen LogP contribution in [0.5, 0.6) is 0 Å². The van der Waals surface area contributed by atoms with E-state index in [2.05, 4.69) is 4.99 Å². The van der Waals surface area contributed by atoms with Crippen molar-refractivity contribution in [3.05, 3.63) is 11.8 Å². The molecule has 0 bridgehead atoms. The summed E-state index contributed by atoms with van der Waals surface area (Å²) in [6.45, 7) is 0. The fourth-order valence-corrected chi connectivity index (χ4v) is 0.438. The van der Waals surface area contributed by atoms with Crippen molar-refractivity contribution in [3.8, 4) is 0 Å². The van der Waals surface area contributed by atoms with Crippen LogP contribution in [-0.4, -0.2) is 29.0 Å². The zero-order valence-corrected chi connectivity index (χ0v) is 6.76. The monoisotopic (exact) mass is 172 g/mol. The molecular formula is C6H8N2O2S. The van der Waals surface area contributed by atoms with Gasteiger partial charge in [0.15, 0.2) is 11.5 Å². The van der Waals surface area contributed by atoms with Crippen LogP contribution in [0.4, 0.5) is 0 Å². The maximum absolute atomic E-state index is 10.0. The third kappa shape index (κ3) is 4.32. The predicted octanol–water partition coefficient (Wildman–Crippen LogP) is 0.996. The minimum Gasteiger partial charge on any atom is -0.515 e. The lowest BCUT2D eigenvalue weighted by Crippen LogP contribution is -1.89. The lowest BCUT2D eigenvalue weighted by molar-refractivity contribution is -0.104. The number of carbonyl (C=O) groups is 1. The first-order valence-electron chi connectivity index (χ1n) is 2.70. The van der Waals surface area contributed by atoms with Gasteiger partial charge in [0.05, 0.1) is 11.8 Å². The molecule has 0 aromatic carbocycles. The molecule has 5 heteroatoms. The number of carbonyl (C=O) groups excluding carboxylic acids is 1. The van der Waals surface area contributed by atoms with Gasteiger partial charge in [0.1, 0.15) is 0 Å². The summed E-state index contributed by atoms with van der Waals surface area (Å²) in [4.78, 5) is 13.6. The Balaban J connectivity index is 4.11. The summed E-state index contributed by atoms with van der Waals surface area (Å²) >= 11 is 1.15. The fraction of sp³-hybridized carbons (Fsp3) is 0.167. The molecule has 0 aromatic heterocycles. The molecule has 0 saturated carbocycles. The van der Waals surface area contributed by atoms with E-state index in [0.29, 0.717) is 12.5 Å². The van der Waals surface area contributed by atoms with Gasteiger partial charge in [0, 0.05) is 6.21 Å². The normalized spacial score (nSPS) is 11.9. The Morgan fingerprint density at radius 2 is 2.36 bits per heavy atom. The molecule has 0 amide bonds.